The number of hydrogen-bond acceptors (Lipinski definition) is 6. The highest BCUT2D eigenvalue weighted by molar-refractivity contribution is 7.20. The lowest BCUT2D eigenvalue weighted by atomic mass is 10.1. The molecule has 1 saturated heterocycles. The lowest BCUT2D eigenvalue weighted by Crippen LogP contribution is -2.44. The summed E-state index contributed by atoms with van der Waals surface area (Å²) < 4.78 is 0. The maximum atomic E-state index is 12.5. The van der Waals surface area contributed by atoms with Gasteiger partial charge in [0.05, 0.1) is 5.39 Å². The van der Waals surface area contributed by atoms with Gasteiger partial charge in [-0.3, -0.25) is 9.89 Å². The Morgan fingerprint density at radius 2 is 1.89 bits per heavy atom. The van der Waals surface area contributed by atoms with Crippen molar-refractivity contribution in [1.82, 2.24) is 15.1 Å². The van der Waals surface area contributed by atoms with E-state index in [1.54, 1.807) is 12.1 Å². The predicted octanol–water partition coefficient (Wildman–Crippen LogP) is 2.33. The summed E-state index contributed by atoms with van der Waals surface area (Å²) in [6.07, 6.45) is 0. The number of piperazine rings is 1. The van der Waals surface area contributed by atoms with E-state index in [1.165, 1.54) is 6.07 Å². The molecule has 3 aromatic rings. The van der Waals surface area contributed by atoms with Crippen LogP contribution < -0.4 is 10.2 Å². The Hall–Kier alpha value is -2.91. The van der Waals surface area contributed by atoms with Gasteiger partial charge >= 0.3 is 5.97 Å². The standard InChI is InChI=1S/C18H19N5O3S/c1-22-6-8-23(9-7-22)12-4-2-11(3-5-12)16(24)19-15-13-10-14(18(25)26)27-17(13)21-20-15/h2-5,10H,6-9H2,1H3,(H,25,26)(H2,19,20,21,24). The fourth-order valence-electron chi connectivity index (χ4n) is 3.09. The number of nitrogens with one attached hydrogen (secondary N) is 2. The van der Waals surface area contributed by atoms with E-state index in [0.29, 0.717) is 21.6 Å². The molecule has 3 heterocycles. The zero-order valence-electron chi connectivity index (χ0n) is 14.7. The summed E-state index contributed by atoms with van der Waals surface area (Å²) >= 11 is 1.06. The quantitative estimate of drug-likeness (QED) is 0.637. The molecular weight excluding hydrogens is 366 g/mol. The number of carboxylic acids is 1. The number of carboxylic acid groups (broad SMARTS) is 1. The van der Waals surface area contributed by atoms with Crippen molar-refractivity contribution in [3.05, 3.63) is 40.8 Å². The second-order valence-electron chi connectivity index (χ2n) is 6.52. The number of amides is 1. The van der Waals surface area contributed by atoms with Crippen LogP contribution in [0.15, 0.2) is 30.3 Å². The normalized spacial score (nSPS) is 15.2. The van der Waals surface area contributed by atoms with Crippen LogP contribution in [-0.2, 0) is 0 Å². The Morgan fingerprint density at radius 1 is 1.19 bits per heavy atom. The average Bonchev–Trinajstić information content (AvgIpc) is 3.25. The maximum Gasteiger partial charge on any atom is 0.345 e. The summed E-state index contributed by atoms with van der Waals surface area (Å²) in [6.45, 7) is 3.99. The zero-order chi connectivity index (χ0) is 19.0. The predicted molar refractivity (Wildman–Crippen MR) is 105 cm³/mol. The summed E-state index contributed by atoms with van der Waals surface area (Å²) in [5.41, 5.74) is 1.64. The number of rotatable bonds is 4. The molecule has 1 aliphatic heterocycles. The minimum absolute atomic E-state index is 0.188. The van der Waals surface area contributed by atoms with Gasteiger partial charge in [0.25, 0.3) is 5.91 Å². The van der Waals surface area contributed by atoms with Gasteiger partial charge in [-0.2, -0.15) is 5.10 Å². The van der Waals surface area contributed by atoms with Crippen LogP contribution in [0.4, 0.5) is 11.5 Å². The molecule has 8 nitrogen and oxygen atoms in total. The zero-order valence-corrected chi connectivity index (χ0v) is 15.5. The number of benzene rings is 1. The maximum absolute atomic E-state index is 12.5. The number of carbonyl (C=O) groups is 2. The highest BCUT2D eigenvalue weighted by Gasteiger charge is 2.17. The van der Waals surface area contributed by atoms with Crippen LogP contribution in [0.5, 0.6) is 0 Å². The highest BCUT2D eigenvalue weighted by atomic mass is 32.1. The van der Waals surface area contributed by atoms with Gasteiger partial charge in [-0.25, -0.2) is 4.79 Å². The SMILES string of the molecule is CN1CCN(c2ccc(C(=O)Nc3[nH]nc4sc(C(=O)O)cc34)cc2)CC1. The first kappa shape index (κ1) is 17.5. The van der Waals surface area contributed by atoms with Gasteiger partial charge in [0.2, 0.25) is 0 Å². The molecule has 4 rings (SSSR count). The number of fused-ring (bicyclic) bond motifs is 1. The summed E-state index contributed by atoms with van der Waals surface area (Å²) in [6, 6.07) is 9.02. The van der Waals surface area contributed by atoms with E-state index in [9.17, 15) is 9.59 Å². The molecule has 0 unspecified atom stereocenters. The first-order valence-electron chi connectivity index (χ1n) is 8.57. The van der Waals surface area contributed by atoms with Crippen molar-refractivity contribution < 1.29 is 14.7 Å². The molecule has 9 heteroatoms. The summed E-state index contributed by atoms with van der Waals surface area (Å²) in [5, 5.41) is 19.3. The van der Waals surface area contributed by atoms with Crippen molar-refractivity contribution >= 4 is 44.9 Å². The van der Waals surface area contributed by atoms with Crippen molar-refractivity contribution in [3.63, 3.8) is 0 Å². The van der Waals surface area contributed by atoms with Crippen molar-refractivity contribution in [3.8, 4) is 0 Å². The topological polar surface area (TPSA) is 102 Å². The molecule has 0 atom stereocenters. The summed E-state index contributed by atoms with van der Waals surface area (Å²) in [7, 11) is 2.12. The van der Waals surface area contributed by atoms with Gasteiger partial charge in [0.1, 0.15) is 15.5 Å². The Bertz CT molecular complexity index is 986. The van der Waals surface area contributed by atoms with Crippen LogP contribution in [0, 0.1) is 0 Å². The molecule has 1 aromatic carbocycles. The van der Waals surface area contributed by atoms with E-state index in [4.69, 9.17) is 5.11 Å². The molecule has 0 saturated carbocycles. The molecule has 0 spiro atoms. The van der Waals surface area contributed by atoms with Gasteiger partial charge in [-0.05, 0) is 37.4 Å². The molecule has 1 aliphatic rings. The molecule has 3 N–H and O–H groups in total. The van der Waals surface area contributed by atoms with Gasteiger partial charge in [-0.15, -0.1) is 11.3 Å². The second kappa shape index (κ2) is 7.01. The van der Waals surface area contributed by atoms with Crippen molar-refractivity contribution in [1.29, 1.82) is 0 Å². The lowest BCUT2D eigenvalue weighted by Gasteiger charge is -2.34. The van der Waals surface area contributed by atoms with E-state index >= 15 is 0 Å². The fraction of sp³-hybridized carbons (Fsp3) is 0.278. The fourth-order valence-corrected chi connectivity index (χ4v) is 3.92. The van der Waals surface area contributed by atoms with Crippen molar-refractivity contribution in [2.45, 2.75) is 0 Å². The van der Waals surface area contributed by atoms with E-state index in [2.05, 4.69) is 32.4 Å². The van der Waals surface area contributed by atoms with Gasteiger partial charge < -0.3 is 20.2 Å². The van der Waals surface area contributed by atoms with E-state index in [-0.39, 0.29) is 10.8 Å². The van der Waals surface area contributed by atoms with E-state index in [1.807, 2.05) is 12.1 Å². The third-order valence-electron chi connectivity index (χ3n) is 4.70. The molecule has 27 heavy (non-hydrogen) atoms. The largest absolute Gasteiger partial charge is 0.477 e. The average molecular weight is 385 g/mol. The number of hydrogen-bond donors (Lipinski definition) is 3. The smallest absolute Gasteiger partial charge is 0.345 e. The number of H-pyrrole nitrogens is 1. The lowest BCUT2D eigenvalue weighted by molar-refractivity contribution is 0.0702. The van der Waals surface area contributed by atoms with Gasteiger partial charge in [-0.1, -0.05) is 0 Å². The molecule has 0 radical (unpaired) electrons. The Balaban J connectivity index is 1.47. The van der Waals surface area contributed by atoms with E-state index in [0.717, 1.165) is 43.2 Å². The molecule has 2 aromatic heterocycles. The Labute approximate surface area is 159 Å². The van der Waals surface area contributed by atoms with E-state index < -0.39 is 5.97 Å². The second-order valence-corrected chi connectivity index (χ2v) is 7.56. The summed E-state index contributed by atoms with van der Waals surface area (Å²) in [4.78, 5) is 29.0. The third-order valence-corrected chi connectivity index (χ3v) is 5.72. The van der Waals surface area contributed by atoms with Crippen molar-refractivity contribution in [2.75, 3.05) is 43.4 Å². The number of aromatic carboxylic acids is 1. The van der Waals surface area contributed by atoms with Crippen LogP contribution in [0.2, 0.25) is 0 Å². The number of nitrogens with zero attached hydrogens (tertiary/aromatic N) is 3. The summed E-state index contributed by atoms with van der Waals surface area (Å²) in [5.74, 6) is -0.870. The minimum atomic E-state index is -1.00. The van der Waals surface area contributed by atoms with Gasteiger partial charge in [0.15, 0.2) is 0 Å². The van der Waals surface area contributed by atoms with Crippen LogP contribution in [0.1, 0.15) is 20.0 Å². The van der Waals surface area contributed by atoms with Crippen LogP contribution in [0.3, 0.4) is 0 Å². The monoisotopic (exact) mass is 385 g/mol. The molecule has 140 valence electrons. The van der Waals surface area contributed by atoms with Gasteiger partial charge in [0, 0.05) is 37.4 Å². The minimum Gasteiger partial charge on any atom is -0.477 e. The Morgan fingerprint density at radius 3 is 2.56 bits per heavy atom. The number of aromatic amines is 1. The molecule has 1 fully saturated rings. The molecular formula is C18H19N5O3S. The number of thiophene rings is 1. The van der Waals surface area contributed by atoms with Crippen LogP contribution in [0.25, 0.3) is 10.2 Å². The van der Waals surface area contributed by atoms with Crippen LogP contribution in [-0.4, -0.2) is 65.3 Å². The Kier molecular flexibility index (Phi) is 4.54. The first-order chi connectivity index (χ1) is 13.0. The number of anilines is 2. The first-order valence-corrected chi connectivity index (χ1v) is 9.39. The molecule has 0 aliphatic carbocycles. The molecule has 1 amide bonds. The number of carbonyl (C=O) groups excluding carboxylic acids is 1. The molecule has 0 bridgehead atoms. The third kappa shape index (κ3) is 3.51. The highest BCUT2D eigenvalue weighted by Crippen LogP contribution is 2.29. The number of likely N-dealkylation sites (N-methyl/N-ethyl adjacent to an activating group) is 1. The van der Waals surface area contributed by atoms with Crippen LogP contribution >= 0.6 is 11.3 Å². The number of aromatic nitrogens is 2. The van der Waals surface area contributed by atoms with Crippen molar-refractivity contribution in [2.24, 2.45) is 0 Å².